The van der Waals surface area contributed by atoms with E-state index >= 15 is 0 Å². The van der Waals surface area contributed by atoms with Crippen molar-refractivity contribution in [2.45, 2.75) is 57.0 Å². The lowest BCUT2D eigenvalue weighted by Crippen LogP contribution is -2.23. The molecule has 3 nitrogen and oxygen atoms in total. The van der Waals surface area contributed by atoms with Gasteiger partial charge in [-0.1, -0.05) is 25.6 Å². The Hall–Kier alpha value is -0.810. The molecule has 3 rings (SSSR count). The topological polar surface area (TPSA) is 34.9 Å². The molecule has 0 fully saturated rings. The Morgan fingerprint density at radius 3 is 2.89 bits per heavy atom. The highest BCUT2D eigenvalue weighted by atomic mass is 32.2. The Bertz CT molecular complexity index is 685. The summed E-state index contributed by atoms with van der Waals surface area (Å²) < 4.78 is 1.83. The molecule has 2 aromatic heterocycles. The van der Waals surface area contributed by atoms with Crippen LogP contribution in [0.4, 0.5) is 0 Å². The maximum Gasteiger partial charge on any atom is 0.263 e. The predicted molar refractivity (Wildman–Crippen MR) is 82.6 cm³/mol. The maximum absolute atomic E-state index is 12.7. The van der Waals surface area contributed by atoms with Crippen molar-refractivity contribution in [2.24, 2.45) is 0 Å². The summed E-state index contributed by atoms with van der Waals surface area (Å²) in [6.07, 6.45) is 3.35. The standard InChI is InChI=1S/C14H18N2OS2/c1-4-16-13(17)11-9-6-5-7-10(9)19-12(11)15-14(16)18-8(2)3/h8H,4-7H2,1-3H3. The van der Waals surface area contributed by atoms with E-state index in [4.69, 9.17) is 4.98 Å². The number of rotatable bonds is 3. The second-order valence-corrected chi connectivity index (χ2v) is 7.78. The molecule has 19 heavy (non-hydrogen) atoms. The highest BCUT2D eigenvalue weighted by Crippen LogP contribution is 2.35. The Balaban J connectivity index is 2.27. The van der Waals surface area contributed by atoms with Crippen LogP contribution in [0, 0.1) is 0 Å². The minimum Gasteiger partial charge on any atom is -0.287 e. The van der Waals surface area contributed by atoms with Crippen LogP contribution in [0.3, 0.4) is 0 Å². The van der Waals surface area contributed by atoms with E-state index in [2.05, 4.69) is 13.8 Å². The first kappa shape index (κ1) is 13.2. The smallest absolute Gasteiger partial charge is 0.263 e. The highest BCUT2D eigenvalue weighted by Gasteiger charge is 2.23. The first-order valence-electron chi connectivity index (χ1n) is 6.83. The molecule has 2 heterocycles. The normalized spacial score (nSPS) is 14.5. The predicted octanol–water partition coefficient (Wildman–Crippen LogP) is 3.47. The van der Waals surface area contributed by atoms with Gasteiger partial charge in [0.2, 0.25) is 0 Å². The maximum atomic E-state index is 12.7. The number of aromatic nitrogens is 2. The molecule has 0 saturated carbocycles. The Morgan fingerprint density at radius 1 is 1.42 bits per heavy atom. The second kappa shape index (κ2) is 4.94. The fourth-order valence-electron chi connectivity index (χ4n) is 2.64. The van der Waals surface area contributed by atoms with E-state index in [0.717, 1.165) is 28.2 Å². The first-order valence-corrected chi connectivity index (χ1v) is 8.53. The zero-order chi connectivity index (χ0) is 13.6. The van der Waals surface area contributed by atoms with Crippen LogP contribution in [-0.4, -0.2) is 14.8 Å². The number of hydrogen-bond donors (Lipinski definition) is 0. The van der Waals surface area contributed by atoms with Gasteiger partial charge in [-0.15, -0.1) is 11.3 Å². The van der Waals surface area contributed by atoms with Crippen LogP contribution in [0.15, 0.2) is 9.95 Å². The van der Waals surface area contributed by atoms with Crippen LogP contribution in [0.5, 0.6) is 0 Å². The van der Waals surface area contributed by atoms with E-state index in [1.807, 2.05) is 11.5 Å². The number of thioether (sulfide) groups is 1. The van der Waals surface area contributed by atoms with Crippen molar-refractivity contribution in [3.8, 4) is 0 Å². The molecule has 1 aliphatic carbocycles. The highest BCUT2D eigenvalue weighted by molar-refractivity contribution is 7.99. The van der Waals surface area contributed by atoms with Crippen molar-refractivity contribution in [1.82, 2.24) is 9.55 Å². The number of nitrogens with zero attached hydrogens (tertiary/aromatic N) is 2. The lowest BCUT2D eigenvalue weighted by molar-refractivity contribution is 0.634. The monoisotopic (exact) mass is 294 g/mol. The van der Waals surface area contributed by atoms with Crippen molar-refractivity contribution >= 4 is 33.3 Å². The van der Waals surface area contributed by atoms with Crippen molar-refractivity contribution in [2.75, 3.05) is 0 Å². The molecule has 102 valence electrons. The van der Waals surface area contributed by atoms with Gasteiger partial charge in [0, 0.05) is 16.7 Å². The average Bonchev–Trinajstić information content (AvgIpc) is 2.87. The van der Waals surface area contributed by atoms with E-state index in [1.54, 1.807) is 23.1 Å². The van der Waals surface area contributed by atoms with Gasteiger partial charge in [-0.05, 0) is 31.7 Å². The van der Waals surface area contributed by atoms with E-state index in [1.165, 1.54) is 16.9 Å². The molecule has 5 heteroatoms. The minimum absolute atomic E-state index is 0.162. The van der Waals surface area contributed by atoms with Crippen LogP contribution in [0.25, 0.3) is 10.2 Å². The van der Waals surface area contributed by atoms with Gasteiger partial charge in [-0.3, -0.25) is 9.36 Å². The van der Waals surface area contributed by atoms with Gasteiger partial charge >= 0.3 is 0 Å². The van der Waals surface area contributed by atoms with Crippen molar-refractivity contribution in [3.05, 3.63) is 20.8 Å². The van der Waals surface area contributed by atoms with Gasteiger partial charge < -0.3 is 0 Å². The Morgan fingerprint density at radius 2 is 2.21 bits per heavy atom. The quantitative estimate of drug-likeness (QED) is 0.642. The molecular formula is C14H18N2OS2. The summed E-state index contributed by atoms with van der Waals surface area (Å²) in [5.74, 6) is 0. The van der Waals surface area contributed by atoms with Crippen LogP contribution >= 0.6 is 23.1 Å². The average molecular weight is 294 g/mol. The van der Waals surface area contributed by atoms with Gasteiger partial charge in [0.1, 0.15) is 4.83 Å². The summed E-state index contributed by atoms with van der Waals surface area (Å²) in [4.78, 5) is 19.8. The van der Waals surface area contributed by atoms with Gasteiger partial charge in [0.25, 0.3) is 5.56 Å². The second-order valence-electron chi connectivity index (χ2n) is 5.15. The van der Waals surface area contributed by atoms with E-state index in [-0.39, 0.29) is 5.56 Å². The first-order chi connectivity index (χ1) is 9.11. The lowest BCUT2D eigenvalue weighted by atomic mass is 10.2. The van der Waals surface area contributed by atoms with Crippen molar-refractivity contribution in [1.29, 1.82) is 0 Å². The van der Waals surface area contributed by atoms with Crippen LogP contribution in [0.2, 0.25) is 0 Å². The van der Waals surface area contributed by atoms with Crippen molar-refractivity contribution in [3.63, 3.8) is 0 Å². The third-order valence-corrected chi connectivity index (χ3v) is 5.63. The summed E-state index contributed by atoms with van der Waals surface area (Å²) in [6, 6.07) is 0. The molecule has 1 aliphatic rings. The zero-order valence-electron chi connectivity index (χ0n) is 11.5. The molecule has 0 aliphatic heterocycles. The van der Waals surface area contributed by atoms with Gasteiger partial charge in [0.15, 0.2) is 5.16 Å². The number of fused-ring (bicyclic) bond motifs is 3. The third kappa shape index (κ3) is 2.13. The van der Waals surface area contributed by atoms with Gasteiger partial charge in [-0.25, -0.2) is 4.98 Å². The molecule has 0 bridgehead atoms. The van der Waals surface area contributed by atoms with Gasteiger partial charge in [0.05, 0.1) is 5.39 Å². The summed E-state index contributed by atoms with van der Waals surface area (Å²) in [5, 5.41) is 2.20. The molecule has 2 aromatic rings. The molecule has 0 spiro atoms. The van der Waals surface area contributed by atoms with E-state index in [9.17, 15) is 4.79 Å². The minimum atomic E-state index is 0.162. The van der Waals surface area contributed by atoms with Crippen LogP contribution in [0.1, 0.15) is 37.6 Å². The zero-order valence-corrected chi connectivity index (χ0v) is 13.2. The molecule has 0 N–H and O–H groups in total. The van der Waals surface area contributed by atoms with E-state index < -0.39 is 0 Å². The fourth-order valence-corrected chi connectivity index (χ4v) is 4.85. The van der Waals surface area contributed by atoms with Crippen molar-refractivity contribution < 1.29 is 0 Å². The summed E-state index contributed by atoms with van der Waals surface area (Å²) in [6.45, 7) is 6.98. The third-order valence-electron chi connectivity index (χ3n) is 3.45. The summed E-state index contributed by atoms with van der Waals surface area (Å²) in [5.41, 5.74) is 1.44. The summed E-state index contributed by atoms with van der Waals surface area (Å²) >= 11 is 3.40. The molecule has 0 aromatic carbocycles. The molecule has 0 unspecified atom stereocenters. The Labute approximate surface area is 121 Å². The Kier molecular flexibility index (Phi) is 3.43. The molecule has 0 saturated heterocycles. The van der Waals surface area contributed by atoms with E-state index in [0.29, 0.717) is 11.8 Å². The lowest BCUT2D eigenvalue weighted by Gasteiger charge is -2.11. The SMILES string of the molecule is CCn1c(SC(C)C)nc2sc3c(c2c1=O)CCC3. The number of thiophene rings is 1. The molecular weight excluding hydrogens is 276 g/mol. The number of aryl methyl sites for hydroxylation is 2. The molecule has 0 atom stereocenters. The largest absolute Gasteiger partial charge is 0.287 e. The van der Waals surface area contributed by atoms with Crippen LogP contribution < -0.4 is 5.56 Å². The number of hydrogen-bond acceptors (Lipinski definition) is 4. The summed E-state index contributed by atoms with van der Waals surface area (Å²) in [7, 11) is 0. The molecule has 0 radical (unpaired) electrons. The van der Waals surface area contributed by atoms with Gasteiger partial charge in [-0.2, -0.15) is 0 Å². The molecule has 0 amide bonds. The fraction of sp³-hybridized carbons (Fsp3) is 0.571. The van der Waals surface area contributed by atoms with Crippen LogP contribution in [-0.2, 0) is 19.4 Å².